The van der Waals surface area contributed by atoms with Gasteiger partial charge < -0.3 is 9.80 Å². The normalized spacial score (nSPS) is 21.4. The van der Waals surface area contributed by atoms with Crippen molar-refractivity contribution in [3.8, 4) is 0 Å². The molecule has 0 N–H and O–H groups in total. The zero-order valence-corrected chi connectivity index (χ0v) is 12.6. The summed E-state index contributed by atoms with van der Waals surface area (Å²) in [6.07, 6.45) is 5.97. The minimum atomic E-state index is 0.370. The van der Waals surface area contributed by atoms with Crippen LogP contribution in [0.15, 0.2) is 18.6 Å². The standard InChI is InChI=1S/C15H26N4/c1-15(2,3)11-19-9-5-6-13(10-19)18(4)14-7-8-16-12-17-14/h7-8,12-13H,5-6,9-11H2,1-4H3. The minimum Gasteiger partial charge on any atom is -0.355 e. The molecule has 2 heterocycles. The van der Waals surface area contributed by atoms with E-state index in [0.717, 1.165) is 12.4 Å². The Labute approximate surface area is 116 Å². The molecule has 1 aliphatic rings. The van der Waals surface area contributed by atoms with Crippen LogP contribution in [0.1, 0.15) is 33.6 Å². The summed E-state index contributed by atoms with van der Waals surface area (Å²) in [6, 6.07) is 2.55. The maximum Gasteiger partial charge on any atom is 0.131 e. The molecule has 1 aromatic heterocycles. The highest BCUT2D eigenvalue weighted by molar-refractivity contribution is 5.36. The number of aromatic nitrogens is 2. The lowest BCUT2D eigenvalue weighted by molar-refractivity contribution is 0.150. The van der Waals surface area contributed by atoms with E-state index in [2.05, 4.69) is 47.6 Å². The van der Waals surface area contributed by atoms with Gasteiger partial charge in [0, 0.05) is 32.4 Å². The summed E-state index contributed by atoms with van der Waals surface area (Å²) >= 11 is 0. The molecule has 1 aromatic rings. The first-order valence-corrected chi connectivity index (χ1v) is 7.17. The third kappa shape index (κ3) is 4.16. The molecule has 0 aliphatic carbocycles. The van der Waals surface area contributed by atoms with Crippen molar-refractivity contribution in [1.29, 1.82) is 0 Å². The van der Waals surface area contributed by atoms with Crippen molar-refractivity contribution < 1.29 is 0 Å². The molecule has 4 heteroatoms. The number of hydrogen-bond acceptors (Lipinski definition) is 4. The highest BCUT2D eigenvalue weighted by Crippen LogP contribution is 2.22. The van der Waals surface area contributed by atoms with Crippen LogP contribution in [0.3, 0.4) is 0 Å². The predicted octanol–water partition coefficient (Wildman–Crippen LogP) is 2.42. The summed E-state index contributed by atoms with van der Waals surface area (Å²) in [7, 11) is 2.15. The smallest absolute Gasteiger partial charge is 0.131 e. The molecular formula is C15H26N4. The van der Waals surface area contributed by atoms with Crippen molar-refractivity contribution >= 4 is 5.82 Å². The maximum absolute atomic E-state index is 4.35. The number of likely N-dealkylation sites (N-methyl/N-ethyl adjacent to an activating group) is 1. The van der Waals surface area contributed by atoms with Gasteiger partial charge in [-0.25, -0.2) is 9.97 Å². The second-order valence-electron chi connectivity index (χ2n) is 6.77. The lowest BCUT2D eigenvalue weighted by Gasteiger charge is -2.40. The van der Waals surface area contributed by atoms with E-state index in [9.17, 15) is 0 Å². The van der Waals surface area contributed by atoms with Gasteiger partial charge in [0.1, 0.15) is 12.1 Å². The fourth-order valence-corrected chi connectivity index (χ4v) is 2.84. The Bertz CT molecular complexity index is 385. The molecule has 1 fully saturated rings. The van der Waals surface area contributed by atoms with Crippen molar-refractivity contribution in [2.75, 3.05) is 31.6 Å². The molecular weight excluding hydrogens is 236 g/mol. The van der Waals surface area contributed by atoms with E-state index >= 15 is 0 Å². The van der Waals surface area contributed by atoms with Crippen LogP contribution in [0.2, 0.25) is 0 Å². The van der Waals surface area contributed by atoms with E-state index in [4.69, 9.17) is 0 Å². The Morgan fingerprint density at radius 2 is 2.21 bits per heavy atom. The summed E-state index contributed by atoms with van der Waals surface area (Å²) in [5, 5.41) is 0. The van der Waals surface area contributed by atoms with Gasteiger partial charge in [0.25, 0.3) is 0 Å². The molecule has 106 valence electrons. The molecule has 1 aliphatic heterocycles. The van der Waals surface area contributed by atoms with Gasteiger partial charge >= 0.3 is 0 Å². The lowest BCUT2D eigenvalue weighted by atomic mass is 9.94. The van der Waals surface area contributed by atoms with Crippen LogP contribution in [-0.2, 0) is 0 Å². The first-order chi connectivity index (χ1) is 8.96. The van der Waals surface area contributed by atoms with Crippen LogP contribution in [0.4, 0.5) is 5.82 Å². The second-order valence-corrected chi connectivity index (χ2v) is 6.77. The molecule has 1 unspecified atom stereocenters. The van der Waals surface area contributed by atoms with Gasteiger partial charge in [0.15, 0.2) is 0 Å². The van der Waals surface area contributed by atoms with Crippen molar-refractivity contribution in [2.24, 2.45) is 5.41 Å². The van der Waals surface area contributed by atoms with Crippen molar-refractivity contribution in [1.82, 2.24) is 14.9 Å². The third-order valence-corrected chi connectivity index (χ3v) is 3.65. The molecule has 0 amide bonds. The van der Waals surface area contributed by atoms with Crippen LogP contribution >= 0.6 is 0 Å². The molecule has 4 nitrogen and oxygen atoms in total. The molecule has 0 saturated carbocycles. The number of rotatable bonds is 3. The van der Waals surface area contributed by atoms with Gasteiger partial charge in [-0.1, -0.05) is 20.8 Å². The van der Waals surface area contributed by atoms with E-state index in [0.29, 0.717) is 11.5 Å². The maximum atomic E-state index is 4.35. The van der Waals surface area contributed by atoms with Gasteiger partial charge in [-0.2, -0.15) is 0 Å². The van der Waals surface area contributed by atoms with E-state index in [1.165, 1.54) is 25.9 Å². The largest absolute Gasteiger partial charge is 0.355 e. The number of piperidine rings is 1. The molecule has 19 heavy (non-hydrogen) atoms. The first kappa shape index (κ1) is 14.3. The molecule has 0 spiro atoms. The monoisotopic (exact) mass is 262 g/mol. The van der Waals surface area contributed by atoms with Crippen LogP contribution in [0, 0.1) is 5.41 Å². The van der Waals surface area contributed by atoms with Crippen LogP contribution in [0.5, 0.6) is 0 Å². The Balaban J connectivity index is 1.97. The van der Waals surface area contributed by atoms with Crippen molar-refractivity contribution in [3.05, 3.63) is 18.6 Å². The molecule has 0 aromatic carbocycles. The Morgan fingerprint density at radius 3 is 2.84 bits per heavy atom. The zero-order valence-electron chi connectivity index (χ0n) is 12.6. The van der Waals surface area contributed by atoms with E-state index in [1.807, 2.05) is 12.3 Å². The van der Waals surface area contributed by atoms with Crippen molar-refractivity contribution in [3.63, 3.8) is 0 Å². The number of nitrogens with zero attached hydrogens (tertiary/aromatic N) is 4. The summed E-state index contributed by atoms with van der Waals surface area (Å²) < 4.78 is 0. The van der Waals surface area contributed by atoms with Crippen LogP contribution in [-0.4, -0.2) is 47.6 Å². The van der Waals surface area contributed by atoms with Gasteiger partial charge in [0.2, 0.25) is 0 Å². The quantitative estimate of drug-likeness (QED) is 0.837. The average Bonchev–Trinajstić information content (AvgIpc) is 2.37. The van der Waals surface area contributed by atoms with Crippen LogP contribution in [0.25, 0.3) is 0 Å². The highest BCUT2D eigenvalue weighted by atomic mass is 15.2. The Morgan fingerprint density at radius 1 is 1.42 bits per heavy atom. The fraction of sp³-hybridized carbons (Fsp3) is 0.733. The summed E-state index contributed by atoms with van der Waals surface area (Å²) in [5.41, 5.74) is 0.370. The fourth-order valence-electron chi connectivity index (χ4n) is 2.84. The van der Waals surface area contributed by atoms with Gasteiger partial charge in [-0.15, -0.1) is 0 Å². The predicted molar refractivity (Wildman–Crippen MR) is 79.4 cm³/mol. The SMILES string of the molecule is CN(c1ccncn1)C1CCCN(CC(C)(C)C)C1. The van der Waals surface area contributed by atoms with Crippen LogP contribution < -0.4 is 4.90 Å². The van der Waals surface area contributed by atoms with Crippen molar-refractivity contribution in [2.45, 2.75) is 39.7 Å². The minimum absolute atomic E-state index is 0.370. The zero-order chi connectivity index (χ0) is 13.9. The lowest BCUT2D eigenvalue weighted by Crippen LogP contribution is -2.48. The number of hydrogen-bond donors (Lipinski definition) is 0. The second kappa shape index (κ2) is 5.87. The van der Waals surface area contributed by atoms with Gasteiger partial charge in [0.05, 0.1) is 0 Å². The Kier molecular flexibility index (Phi) is 4.40. The van der Waals surface area contributed by atoms with E-state index in [-0.39, 0.29) is 0 Å². The first-order valence-electron chi connectivity index (χ1n) is 7.17. The molecule has 1 atom stereocenters. The van der Waals surface area contributed by atoms with E-state index in [1.54, 1.807) is 6.33 Å². The summed E-state index contributed by atoms with van der Waals surface area (Å²) in [4.78, 5) is 13.2. The number of likely N-dealkylation sites (tertiary alicyclic amines) is 1. The van der Waals surface area contributed by atoms with Gasteiger partial charge in [-0.3, -0.25) is 0 Å². The molecule has 1 saturated heterocycles. The molecule has 2 rings (SSSR count). The topological polar surface area (TPSA) is 32.3 Å². The summed E-state index contributed by atoms with van der Waals surface area (Å²) in [6.45, 7) is 10.5. The molecule has 0 bridgehead atoms. The molecule has 0 radical (unpaired) electrons. The number of anilines is 1. The Hall–Kier alpha value is -1.16. The highest BCUT2D eigenvalue weighted by Gasteiger charge is 2.26. The summed E-state index contributed by atoms with van der Waals surface area (Å²) in [5.74, 6) is 1.03. The average molecular weight is 262 g/mol. The van der Waals surface area contributed by atoms with E-state index < -0.39 is 0 Å². The third-order valence-electron chi connectivity index (χ3n) is 3.65. The van der Waals surface area contributed by atoms with Gasteiger partial charge in [-0.05, 0) is 30.9 Å².